The predicted molar refractivity (Wildman–Crippen MR) is 69.7 cm³/mol. The molecule has 0 spiro atoms. The third kappa shape index (κ3) is 1.96. The summed E-state index contributed by atoms with van der Waals surface area (Å²) in [4.78, 5) is 8.62. The Hall–Kier alpha value is -1.68. The van der Waals surface area contributed by atoms with Crippen LogP contribution in [0.3, 0.4) is 0 Å². The van der Waals surface area contributed by atoms with Crippen molar-refractivity contribution in [2.24, 2.45) is 0 Å². The van der Waals surface area contributed by atoms with Crippen molar-refractivity contribution in [3.05, 3.63) is 46.7 Å². The second-order valence-electron chi connectivity index (χ2n) is 3.82. The standard InChI is InChI=1S/C13H9BrN2O/c1-8-6-9(4-5-15-8)13-16-11-7-10(14)2-3-12(11)17-13/h2-7H,1H3. The predicted octanol–water partition coefficient (Wildman–Crippen LogP) is 3.96. The molecule has 0 atom stereocenters. The van der Waals surface area contributed by atoms with Gasteiger partial charge in [0.2, 0.25) is 5.89 Å². The minimum Gasteiger partial charge on any atom is -0.436 e. The lowest BCUT2D eigenvalue weighted by atomic mass is 10.2. The van der Waals surface area contributed by atoms with Crippen LogP contribution in [0.15, 0.2) is 45.4 Å². The zero-order valence-electron chi connectivity index (χ0n) is 9.14. The van der Waals surface area contributed by atoms with Crippen molar-refractivity contribution in [1.82, 2.24) is 9.97 Å². The van der Waals surface area contributed by atoms with E-state index in [9.17, 15) is 0 Å². The fourth-order valence-electron chi connectivity index (χ4n) is 1.70. The largest absolute Gasteiger partial charge is 0.436 e. The summed E-state index contributed by atoms with van der Waals surface area (Å²) >= 11 is 3.42. The van der Waals surface area contributed by atoms with E-state index >= 15 is 0 Å². The molecule has 1 aromatic carbocycles. The first-order chi connectivity index (χ1) is 8.22. The zero-order valence-corrected chi connectivity index (χ0v) is 10.7. The number of hydrogen-bond acceptors (Lipinski definition) is 3. The van der Waals surface area contributed by atoms with Gasteiger partial charge in [-0.1, -0.05) is 15.9 Å². The second-order valence-corrected chi connectivity index (χ2v) is 4.73. The molecule has 2 aromatic heterocycles. The molecule has 0 aliphatic rings. The molecule has 0 N–H and O–H groups in total. The molecule has 4 heteroatoms. The number of benzene rings is 1. The van der Waals surface area contributed by atoms with Crippen molar-refractivity contribution in [2.75, 3.05) is 0 Å². The Kier molecular flexibility index (Phi) is 2.44. The highest BCUT2D eigenvalue weighted by atomic mass is 79.9. The number of fused-ring (bicyclic) bond motifs is 1. The molecule has 3 nitrogen and oxygen atoms in total. The SMILES string of the molecule is Cc1cc(-c2nc3cc(Br)ccc3o2)ccn1. The van der Waals surface area contributed by atoms with Gasteiger partial charge in [-0.05, 0) is 37.3 Å². The first-order valence-corrected chi connectivity index (χ1v) is 6.01. The molecule has 0 bridgehead atoms. The maximum Gasteiger partial charge on any atom is 0.227 e. The van der Waals surface area contributed by atoms with Crippen LogP contribution >= 0.6 is 15.9 Å². The van der Waals surface area contributed by atoms with Crippen LogP contribution in [0.1, 0.15) is 5.69 Å². The Balaban J connectivity index is 2.18. The molecule has 3 aromatic rings. The second kappa shape index (κ2) is 3.96. The maximum atomic E-state index is 5.70. The van der Waals surface area contributed by atoms with Gasteiger partial charge in [0.25, 0.3) is 0 Å². The van der Waals surface area contributed by atoms with E-state index in [2.05, 4.69) is 25.9 Å². The molecule has 84 valence electrons. The van der Waals surface area contributed by atoms with Crippen molar-refractivity contribution >= 4 is 27.0 Å². The van der Waals surface area contributed by atoms with Crippen LogP contribution in [0.5, 0.6) is 0 Å². The van der Waals surface area contributed by atoms with Crippen molar-refractivity contribution < 1.29 is 4.42 Å². The number of aryl methyl sites for hydroxylation is 1. The first-order valence-electron chi connectivity index (χ1n) is 5.21. The van der Waals surface area contributed by atoms with E-state index < -0.39 is 0 Å². The van der Waals surface area contributed by atoms with Gasteiger partial charge in [0.1, 0.15) is 5.52 Å². The highest BCUT2D eigenvalue weighted by molar-refractivity contribution is 9.10. The molecule has 3 rings (SSSR count). The lowest BCUT2D eigenvalue weighted by Gasteiger charge is -1.95. The van der Waals surface area contributed by atoms with Crippen molar-refractivity contribution in [1.29, 1.82) is 0 Å². The monoisotopic (exact) mass is 288 g/mol. The lowest BCUT2D eigenvalue weighted by molar-refractivity contribution is 0.619. The number of hydrogen-bond donors (Lipinski definition) is 0. The van der Waals surface area contributed by atoms with Crippen LogP contribution < -0.4 is 0 Å². The van der Waals surface area contributed by atoms with Crippen molar-refractivity contribution in [3.8, 4) is 11.5 Å². The average molecular weight is 289 g/mol. The van der Waals surface area contributed by atoms with Gasteiger partial charge >= 0.3 is 0 Å². The van der Waals surface area contributed by atoms with Crippen LogP contribution in [0.25, 0.3) is 22.6 Å². The van der Waals surface area contributed by atoms with E-state index in [1.807, 2.05) is 37.3 Å². The molecule has 0 radical (unpaired) electrons. The number of oxazole rings is 1. The van der Waals surface area contributed by atoms with E-state index in [-0.39, 0.29) is 0 Å². The Morgan fingerprint density at radius 1 is 1.18 bits per heavy atom. The van der Waals surface area contributed by atoms with Crippen molar-refractivity contribution in [2.45, 2.75) is 6.92 Å². The van der Waals surface area contributed by atoms with Crippen LogP contribution in [-0.2, 0) is 0 Å². The third-order valence-electron chi connectivity index (χ3n) is 2.49. The fraction of sp³-hybridized carbons (Fsp3) is 0.0769. The van der Waals surface area contributed by atoms with Gasteiger partial charge in [-0.3, -0.25) is 4.98 Å². The Morgan fingerprint density at radius 2 is 2.06 bits per heavy atom. The number of aromatic nitrogens is 2. The third-order valence-corrected chi connectivity index (χ3v) is 2.99. The summed E-state index contributed by atoms with van der Waals surface area (Å²) in [5.41, 5.74) is 3.54. The molecule has 0 saturated carbocycles. The van der Waals surface area contributed by atoms with E-state index in [1.54, 1.807) is 6.20 Å². The Morgan fingerprint density at radius 3 is 2.88 bits per heavy atom. The van der Waals surface area contributed by atoms with E-state index in [0.29, 0.717) is 5.89 Å². The van der Waals surface area contributed by atoms with Gasteiger partial charge in [0.05, 0.1) is 0 Å². The minimum atomic E-state index is 0.628. The highest BCUT2D eigenvalue weighted by Crippen LogP contribution is 2.26. The molecule has 0 unspecified atom stereocenters. The number of rotatable bonds is 1. The summed E-state index contributed by atoms with van der Waals surface area (Å²) in [6.45, 7) is 1.95. The van der Waals surface area contributed by atoms with Crippen LogP contribution in [0.2, 0.25) is 0 Å². The quantitative estimate of drug-likeness (QED) is 0.680. The summed E-state index contributed by atoms with van der Waals surface area (Å²) in [6.07, 6.45) is 1.76. The average Bonchev–Trinajstić information content (AvgIpc) is 2.72. The van der Waals surface area contributed by atoms with E-state index in [4.69, 9.17) is 4.42 Å². The number of halogens is 1. The topological polar surface area (TPSA) is 38.9 Å². The molecular weight excluding hydrogens is 280 g/mol. The molecular formula is C13H9BrN2O. The first kappa shape index (κ1) is 10.5. The number of pyridine rings is 1. The van der Waals surface area contributed by atoms with Gasteiger partial charge in [-0.15, -0.1) is 0 Å². The molecule has 0 amide bonds. The summed E-state index contributed by atoms with van der Waals surface area (Å²) < 4.78 is 6.70. The smallest absolute Gasteiger partial charge is 0.227 e. The molecule has 0 fully saturated rings. The summed E-state index contributed by atoms with van der Waals surface area (Å²) in [7, 11) is 0. The van der Waals surface area contributed by atoms with Crippen molar-refractivity contribution in [3.63, 3.8) is 0 Å². The van der Waals surface area contributed by atoms with Gasteiger partial charge in [0, 0.05) is 21.9 Å². The Labute approximate surface area is 107 Å². The molecule has 0 aliphatic heterocycles. The van der Waals surface area contributed by atoms with Crippen LogP contribution in [0.4, 0.5) is 0 Å². The summed E-state index contributed by atoms with van der Waals surface area (Å²) in [5, 5.41) is 0. The zero-order chi connectivity index (χ0) is 11.8. The highest BCUT2D eigenvalue weighted by Gasteiger charge is 2.08. The summed E-state index contributed by atoms with van der Waals surface area (Å²) in [5.74, 6) is 0.628. The fourth-order valence-corrected chi connectivity index (χ4v) is 2.05. The molecule has 0 aliphatic carbocycles. The van der Waals surface area contributed by atoms with E-state index in [0.717, 1.165) is 26.8 Å². The maximum absolute atomic E-state index is 5.70. The van der Waals surface area contributed by atoms with Crippen LogP contribution in [0, 0.1) is 6.92 Å². The van der Waals surface area contributed by atoms with Gasteiger partial charge in [-0.25, -0.2) is 4.98 Å². The minimum absolute atomic E-state index is 0.628. The molecule has 2 heterocycles. The van der Waals surface area contributed by atoms with Gasteiger partial charge in [-0.2, -0.15) is 0 Å². The van der Waals surface area contributed by atoms with Crippen LogP contribution in [-0.4, -0.2) is 9.97 Å². The summed E-state index contributed by atoms with van der Waals surface area (Å²) in [6, 6.07) is 9.64. The van der Waals surface area contributed by atoms with Gasteiger partial charge in [0.15, 0.2) is 5.58 Å². The molecule has 17 heavy (non-hydrogen) atoms. The lowest BCUT2D eigenvalue weighted by Crippen LogP contribution is -1.82. The Bertz CT molecular complexity index is 691. The van der Waals surface area contributed by atoms with E-state index in [1.165, 1.54) is 0 Å². The number of nitrogens with zero attached hydrogens (tertiary/aromatic N) is 2. The normalized spacial score (nSPS) is 10.9. The van der Waals surface area contributed by atoms with Gasteiger partial charge < -0.3 is 4.42 Å². The molecule has 0 saturated heterocycles.